The lowest BCUT2D eigenvalue weighted by Crippen LogP contribution is -2.04. The molecule has 0 saturated heterocycles. The van der Waals surface area contributed by atoms with Gasteiger partial charge in [0.25, 0.3) is 0 Å². The Morgan fingerprint density at radius 3 is 1.46 bits per heavy atom. The summed E-state index contributed by atoms with van der Waals surface area (Å²) in [7, 11) is 0. The summed E-state index contributed by atoms with van der Waals surface area (Å²) in [6, 6.07) is 27.3. The molecule has 1 N–H and O–H groups in total. The highest BCUT2D eigenvalue weighted by molar-refractivity contribution is 5.99. The Morgan fingerprint density at radius 1 is 0.595 bits per heavy atom. The number of anilines is 2. The number of benzene rings is 4. The fraction of sp³-hybridized carbons (Fsp3) is 0.125. The minimum absolute atomic E-state index is 0.0864. The van der Waals surface area contributed by atoms with Crippen LogP contribution in [0.1, 0.15) is 43.0 Å². The van der Waals surface area contributed by atoms with Crippen LogP contribution in [0, 0.1) is 0 Å². The van der Waals surface area contributed by atoms with Crippen molar-refractivity contribution in [3.63, 3.8) is 0 Å². The number of aliphatic imine (C=N–C) groups is 2. The molecule has 0 aliphatic carbocycles. The second kappa shape index (κ2) is 9.78. The summed E-state index contributed by atoms with van der Waals surface area (Å²) in [6.45, 7) is 0. The van der Waals surface area contributed by atoms with Crippen molar-refractivity contribution in [1.29, 1.82) is 0 Å². The first-order valence-corrected chi connectivity index (χ1v) is 12.4. The summed E-state index contributed by atoms with van der Waals surface area (Å²) in [5.74, 6) is 0.173. The van der Waals surface area contributed by atoms with Crippen molar-refractivity contribution in [3.05, 3.63) is 118 Å². The highest BCUT2D eigenvalue weighted by Crippen LogP contribution is 2.27. The van der Waals surface area contributed by atoms with E-state index in [1.165, 1.54) is 11.1 Å². The molecule has 5 nitrogen and oxygen atoms in total. The highest BCUT2D eigenvalue weighted by atomic mass is 16.1. The van der Waals surface area contributed by atoms with Crippen LogP contribution >= 0.6 is 0 Å². The van der Waals surface area contributed by atoms with E-state index in [0.717, 1.165) is 46.7 Å². The molecule has 0 bridgehead atoms. The highest BCUT2D eigenvalue weighted by Gasteiger charge is 2.14. The number of nitrogens with zero attached hydrogens (tertiary/aromatic N) is 2. The van der Waals surface area contributed by atoms with E-state index in [2.05, 4.69) is 15.3 Å². The molecular weight excluding hydrogens is 458 g/mol. The Morgan fingerprint density at radius 2 is 1.03 bits per heavy atom. The van der Waals surface area contributed by atoms with Crippen LogP contribution < -0.4 is 5.32 Å². The molecular formula is C32H25N3O2. The number of carbonyl (C=O) groups excluding carboxylic acids is 2. The molecule has 5 heteroatoms. The van der Waals surface area contributed by atoms with Gasteiger partial charge in [0.1, 0.15) is 0 Å². The molecule has 0 saturated carbocycles. The molecule has 4 aromatic rings. The average Bonchev–Trinajstić information content (AvgIpc) is 3.59. The summed E-state index contributed by atoms with van der Waals surface area (Å²) in [4.78, 5) is 34.2. The number of rotatable bonds is 8. The maximum Gasteiger partial charge on any atom is 0.167 e. The first-order chi connectivity index (χ1) is 18.1. The normalized spacial score (nSPS) is 12.9. The van der Waals surface area contributed by atoms with Crippen LogP contribution in [0.15, 0.2) is 94.9 Å². The third-order valence-electron chi connectivity index (χ3n) is 6.82. The zero-order chi connectivity index (χ0) is 25.2. The fourth-order valence-corrected chi connectivity index (χ4v) is 4.70. The zero-order valence-electron chi connectivity index (χ0n) is 20.3. The van der Waals surface area contributed by atoms with Crippen molar-refractivity contribution in [2.75, 3.05) is 5.32 Å². The molecule has 0 unspecified atom stereocenters. The number of carbonyl (C=O) groups is 2. The van der Waals surface area contributed by atoms with E-state index in [4.69, 9.17) is 0 Å². The van der Waals surface area contributed by atoms with Crippen molar-refractivity contribution in [3.8, 4) is 0 Å². The molecule has 37 heavy (non-hydrogen) atoms. The molecule has 0 amide bonds. The molecule has 0 aromatic heterocycles. The van der Waals surface area contributed by atoms with Gasteiger partial charge in [-0.25, -0.2) is 0 Å². The van der Waals surface area contributed by atoms with Crippen LogP contribution in [0.3, 0.4) is 0 Å². The third kappa shape index (κ3) is 5.02. The van der Waals surface area contributed by atoms with E-state index in [1.807, 2.05) is 97.4 Å². The smallest absolute Gasteiger partial charge is 0.167 e. The summed E-state index contributed by atoms with van der Waals surface area (Å²) in [5.41, 5.74) is 9.33. The topological polar surface area (TPSA) is 70.9 Å². The Hall–Kier alpha value is -4.64. The third-order valence-corrected chi connectivity index (χ3v) is 6.82. The zero-order valence-corrected chi connectivity index (χ0v) is 20.3. The van der Waals surface area contributed by atoms with Gasteiger partial charge in [-0.05, 0) is 58.7 Å². The SMILES string of the molecule is O=C(Cc1ccc(Nc2ccc(CC(=O)c3ccc4c(c3)N=CC4)cc2)cc1)c1ccc2c(c1)N=CC2. The maximum atomic E-state index is 12.7. The largest absolute Gasteiger partial charge is 0.356 e. The number of hydrogen-bond acceptors (Lipinski definition) is 5. The van der Waals surface area contributed by atoms with Gasteiger partial charge in [0.05, 0.1) is 11.4 Å². The summed E-state index contributed by atoms with van der Waals surface area (Å²) in [5, 5.41) is 3.38. The van der Waals surface area contributed by atoms with Gasteiger partial charge in [0.2, 0.25) is 0 Å². The van der Waals surface area contributed by atoms with Crippen LogP contribution in [0.2, 0.25) is 0 Å². The van der Waals surface area contributed by atoms with Gasteiger partial charge in [-0.1, -0.05) is 48.5 Å². The Labute approximate surface area is 215 Å². The molecule has 4 aromatic carbocycles. The van der Waals surface area contributed by atoms with Crippen LogP contribution in [0.25, 0.3) is 0 Å². The molecule has 2 aliphatic rings. The molecule has 2 heterocycles. The first kappa shape index (κ1) is 22.8. The van der Waals surface area contributed by atoms with E-state index in [9.17, 15) is 9.59 Å². The number of nitrogens with one attached hydrogen (secondary N) is 1. The van der Waals surface area contributed by atoms with Crippen molar-refractivity contribution in [2.45, 2.75) is 25.7 Å². The molecule has 0 radical (unpaired) electrons. The van der Waals surface area contributed by atoms with Crippen molar-refractivity contribution in [2.24, 2.45) is 9.98 Å². The number of Topliss-reactive ketones (excluding diaryl/α,β-unsaturated/α-hetero) is 2. The van der Waals surface area contributed by atoms with Crippen molar-refractivity contribution < 1.29 is 9.59 Å². The second-order valence-electron chi connectivity index (χ2n) is 9.44. The summed E-state index contributed by atoms with van der Waals surface area (Å²) in [6.07, 6.45) is 6.13. The van der Waals surface area contributed by atoms with Gasteiger partial charge >= 0.3 is 0 Å². The van der Waals surface area contributed by atoms with Gasteiger partial charge in [-0.15, -0.1) is 0 Å². The van der Waals surface area contributed by atoms with Gasteiger partial charge in [-0.3, -0.25) is 19.6 Å². The van der Waals surface area contributed by atoms with Crippen LogP contribution in [0.5, 0.6) is 0 Å². The molecule has 0 spiro atoms. The number of fused-ring (bicyclic) bond motifs is 2. The van der Waals surface area contributed by atoms with Crippen LogP contribution in [0.4, 0.5) is 22.7 Å². The fourth-order valence-electron chi connectivity index (χ4n) is 4.70. The summed E-state index contributed by atoms with van der Waals surface area (Å²) >= 11 is 0. The predicted octanol–water partition coefficient (Wildman–Crippen LogP) is 6.80. The Kier molecular flexibility index (Phi) is 6.03. The van der Waals surface area contributed by atoms with Gasteiger partial charge in [0.15, 0.2) is 11.6 Å². The summed E-state index contributed by atoms with van der Waals surface area (Å²) < 4.78 is 0. The minimum atomic E-state index is 0.0864. The molecule has 0 fully saturated rings. The lowest BCUT2D eigenvalue weighted by Gasteiger charge is -2.09. The Balaban J connectivity index is 1.05. The molecule has 2 aliphatic heterocycles. The average molecular weight is 484 g/mol. The van der Waals surface area contributed by atoms with E-state index >= 15 is 0 Å². The molecule has 0 atom stereocenters. The van der Waals surface area contributed by atoms with E-state index in [1.54, 1.807) is 0 Å². The standard InChI is InChI=1S/C32H25N3O2/c36-31(25-7-5-23-13-15-33-29(23)19-25)17-21-1-9-27(10-2-21)35-28-11-3-22(4-12-28)18-32(37)26-8-6-24-14-16-34-30(24)20-26/h1-12,15-16,19-20,35H,13-14,17-18H2. The minimum Gasteiger partial charge on any atom is -0.356 e. The van der Waals surface area contributed by atoms with Crippen molar-refractivity contribution >= 4 is 46.7 Å². The van der Waals surface area contributed by atoms with Crippen molar-refractivity contribution in [1.82, 2.24) is 0 Å². The molecule has 6 rings (SSSR count). The van der Waals surface area contributed by atoms with Gasteiger partial charge in [-0.2, -0.15) is 0 Å². The van der Waals surface area contributed by atoms with Crippen LogP contribution in [-0.2, 0) is 25.7 Å². The number of hydrogen-bond donors (Lipinski definition) is 1. The van der Waals surface area contributed by atoms with E-state index < -0.39 is 0 Å². The predicted molar refractivity (Wildman–Crippen MR) is 149 cm³/mol. The monoisotopic (exact) mass is 483 g/mol. The first-order valence-electron chi connectivity index (χ1n) is 12.4. The maximum absolute atomic E-state index is 12.7. The Bertz CT molecular complexity index is 1450. The lowest BCUT2D eigenvalue weighted by molar-refractivity contribution is 0.0985. The van der Waals surface area contributed by atoms with E-state index in [0.29, 0.717) is 24.0 Å². The number of ketones is 2. The quantitative estimate of drug-likeness (QED) is 0.280. The molecule has 180 valence electrons. The lowest BCUT2D eigenvalue weighted by atomic mass is 10.00. The van der Waals surface area contributed by atoms with Gasteiger partial charge in [0, 0.05) is 60.6 Å². The van der Waals surface area contributed by atoms with Gasteiger partial charge < -0.3 is 5.32 Å². The van der Waals surface area contributed by atoms with Crippen LogP contribution in [-0.4, -0.2) is 24.0 Å². The second-order valence-corrected chi connectivity index (χ2v) is 9.44. The van der Waals surface area contributed by atoms with E-state index in [-0.39, 0.29) is 11.6 Å².